The van der Waals surface area contributed by atoms with Gasteiger partial charge in [-0.3, -0.25) is 9.59 Å². The van der Waals surface area contributed by atoms with E-state index in [-0.39, 0.29) is 12.1 Å². The molecule has 0 saturated heterocycles. The maximum absolute atomic E-state index is 12.4. The highest BCUT2D eigenvalue weighted by atomic mass is 16.5. The lowest BCUT2D eigenvalue weighted by Crippen LogP contribution is -2.18. The van der Waals surface area contributed by atoms with Crippen LogP contribution in [0.15, 0.2) is 12.2 Å². The third-order valence-electron chi connectivity index (χ3n) is 8.47. The molecule has 0 aromatic carbocycles. The Labute approximate surface area is 262 Å². The summed E-state index contributed by atoms with van der Waals surface area (Å²) in [4.78, 5) is 22.9. The molecule has 248 valence electrons. The van der Waals surface area contributed by atoms with Gasteiger partial charge in [-0.15, -0.1) is 0 Å². The number of aliphatic carboxylic acids is 1. The number of carbonyl (C=O) groups excluding carboxylic acids is 1. The zero-order chi connectivity index (χ0) is 30.8. The predicted molar refractivity (Wildman–Crippen MR) is 181 cm³/mol. The van der Waals surface area contributed by atoms with Crippen molar-refractivity contribution in [1.82, 2.24) is 0 Å². The zero-order valence-electron chi connectivity index (χ0n) is 28.3. The van der Waals surface area contributed by atoms with E-state index in [1.807, 2.05) is 0 Å². The van der Waals surface area contributed by atoms with Crippen molar-refractivity contribution < 1.29 is 19.4 Å². The molecule has 0 aliphatic rings. The molecule has 4 heteroatoms. The average Bonchev–Trinajstić information content (AvgIpc) is 2.97. The molecule has 0 aromatic heterocycles. The first-order valence-corrected chi connectivity index (χ1v) is 18.7. The Balaban J connectivity index is 3.51. The fraction of sp³-hybridized carbons (Fsp3) is 0.895. The lowest BCUT2D eigenvalue weighted by atomic mass is 10.0. The minimum atomic E-state index is -0.679. The summed E-state index contributed by atoms with van der Waals surface area (Å²) in [6, 6.07) is 0. The van der Waals surface area contributed by atoms with Gasteiger partial charge in [-0.1, -0.05) is 154 Å². The first-order chi connectivity index (χ1) is 20.6. The molecule has 0 amide bonds. The lowest BCUT2D eigenvalue weighted by Gasteiger charge is -2.17. The van der Waals surface area contributed by atoms with Crippen LogP contribution in [0, 0.1) is 0 Å². The highest BCUT2D eigenvalue weighted by Gasteiger charge is 2.13. The van der Waals surface area contributed by atoms with Crippen LogP contribution in [0.4, 0.5) is 0 Å². The van der Waals surface area contributed by atoms with Crippen molar-refractivity contribution in [1.29, 1.82) is 0 Å². The molecule has 4 nitrogen and oxygen atoms in total. The van der Waals surface area contributed by atoms with E-state index >= 15 is 0 Å². The van der Waals surface area contributed by atoms with Crippen LogP contribution in [0.2, 0.25) is 0 Å². The molecule has 1 atom stereocenters. The van der Waals surface area contributed by atoms with Crippen molar-refractivity contribution in [2.75, 3.05) is 0 Å². The van der Waals surface area contributed by atoms with Crippen molar-refractivity contribution >= 4 is 11.9 Å². The Morgan fingerprint density at radius 2 is 0.905 bits per heavy atom. The summed E-state index contributed by atoms with van der Waals surface area (Å²) in [6.07, 6.45) is 41.5. The number of carboxylic acid groups (broad SMARTS) is 1. The van der Waals surface area contributed by atoms with Crippen LogP contribution in [0.5, 0.6) is 0 Å². The quantitative estimate of drug-likeness (QED) is 0.0458. The van der Waals surface area contributed by atoms with E-state index in [9.17, 15) is 9.59 Å². The van der Waals surface area contributed by atoms with E-state index in [1.54, 1.807) is 0 Å². The number of carbonyl (C=O) groups is 2. The van der Waals surface area contributed by atoms with E-state index in [1.165, 1.54) is 128 Å². The number of allylic oxidation sites excluding steroid dienone is 2. The molecule has 1 unspecified atom stereocenters. The van der Waals surface area contributed by atoms with Gasteiger partial charge >= 0.3 is 11.9 Å². The summed E-state index contributed by atoms with van der Waals surface area (Å²) in [5.74, 6) is -0.668. The van der Waals surface area contributed by atoms with E-state index in [4.69, 9.17) is 9.84 Å². The van der Waals surface area contributed by atoms with Gasteiger partial charge in [0.15, 0.2) is 0 Å². The largest absolute Gasteiger partial charge is 0.481 e. The lowest BCUT2D eigenvalue weighted by molar-refractivity contribution is -0.150. The minimum Gasteiger partial charge on any atom is -0.481 e. The summed E-state index contributed by atoms with van der Waals surface area (Å²) in [7, 11) is 0. The molecule has 0 fully saturated rings. The van der Waals surface area contributed by atoms with Gasteiger partial charge in [0, 0.05) is 12.8 Å². The molecule has 42 heavy (non-hydrogen) atoms. The zero-order valence-corrected chi connectivity index (χ0v) is 28.3. The molecule has 0 heterocycles. The summed E-state index contributed by atoms with van der Waals surface area (Å²) >= 11 is 0. The summed E-state index contributed by atoms with van der Waals surface area (Å²) < 4.78 is 5.84. The number of unbranched alkanes of at least 4 members (excludes halogenated alkanes) is 23. The van der Waals surface area contributed by atoms with Gasteiger partial charge in [0.25, 0.3) is 0 Å². The highest BCUT2D eigenvalue weighted by Crippen LogP contribution is 2.17. The van der Waals surface area contributed by atoms with Gasteiger partial charge in [0.05, 0.1) is 0 Å². The van der Waals surface area contributed by atoms with Crippen molar-refractivity contribution in [2.24, 2.45) is 0 Å². The summed E-state index contributed by atoms with van der Waals surface area (Å²) in [5.41, 5.74) is 0. The van der Waals surface area contributed by atoms with Crippen molar-refractivity contribution in [3.8, 4) is 0 Å². The molecular weight excluding hydrogens is 520 g/mol. The topological polar surface area (TPSA) is 63.6 Å². The van der Waals surface area contributed by atoms with Crippen LogP contribution in [0.3, 0.4) is 0 Å². The SMILES string of the molecule is CCCCCCCC/C=C\CCCCCCCCCCCC(=O)OC(CCC)CCCCCCCCCCCC(=O)O. The molecule has 1 N–H and O–H groups in total. The maximum atomic E-state index is 12.4. The predicted octanol–water partition coefficient (Wildman–Crippen LogP) is 12.7. The number of carboxylic acids is 1. The van der Waals surface area contributed by atoms with Crippen molar-refractivity contribution in [3.05, 3.63) is 12.2 Å². The Kier molecular flexibility index (Phi) is 33.1. The van der Waals surface area contributed by atoms with Crippen LogP contribution >= 0.6 is 0 Å². The van der Waals surface area contributed by atoms with E-state index < -0.39 is 5.97 Å². The van der Waals surface area contributed by atoms with Gasteiger partial charge in [-0.05, 0) is 57.8 Å². The number of rotatable bonds is 34. The maximum Gasteiger partial charge on any atom is 0.306 e. The standard InChI is InChI=1S/C38H72O4/c1-3-5-6-7-8-9-10-11-12-13-14-15-16-17-18-22-25-28-31-35-38(41)42-36(32-4-2)33-29-26-23-20-19-21-24-27-30-34-37(39)40/h11-12,36H,3-10,13-35H2,1-2H3,(H,39,40)/b12-11-. The molecular formula is C38H72O4. The second-order valence-electron chi connectivity index (χ2n) is 12.8. The van der Waals surface area contributed by atoms with E-state index in [2.05, 4.69) is 26.0 Å². The van der Waals surface area contributed by atoms with Crippen LogP contribution < -0.4 is 0 Å². The number of esters is 1. The summed E-state index contributed by atoms with van der Waals surface area (Å²) in [6.45, 7) is 4.45. The van der Waals surface area contributed by atoms with Gasteiger partial charge in [-0.2, -0.15) is 0 Å². The second kappa shape index (κ2) is 34.2. The Bertz CT molecular complexity index is 600. The molecule has 0 bridgehead atoms. The summed E-state index contributed by atoms with van der Waals surface area (Å²) in [5, 5.41) is 8.67. The second-order valence-corrected chi connectivity index (χ2v) is 12.8. The minimum absolute atomic E-state index is 0.0115. The van der Waals surface area contributed by atoms with Crippen molar-refractivity contribution in [3.63, 3.8) is 0 Å². The van der Waals surface area contributed by atoms with Crippen molar-refractivity contribution in [2.45, 2.75) is 219 Å². The number of hydrogen-bond acceptors (Lipinski definition) is 3. The Morgan fingerprint density at radius 3 is 1.36 bits per heavy atom. The molecule has 0 aliphatic heterocycles. The molecule has 0 saturated carbocycles. The fourth-order valence-electron chi connectivity index (χ4n) is 5.76. The Hall–Kier alpha value is -1.32. The van der Waals surface area contributed by atoms with Crippen LogP contribution in [0.1, 0.15) is 213 Å². The van der Waals surface area contributed by atoms with Crippen LogP contribution in [-0.4, -0.2) is 23.1 Å². The first-order valence-electron chi connectivity index (χ1n) is 18.7. The van der Waals surface area contributed by atoms with Crippen LogP contribution in [0.25, 0.3) is 0 Å². The van der Waals surface area contributed by atoms with E-state index in [0.717, 1.165) is 57.8 Å². The third-order valence-corrected chi connectivity index (χ3v) is 8.47. The molecule has 0 aromatic rings. The number of ether oxygens (including phenoxy) is 1. The van der Waals surface area contributed by atoms with Gasteiger partial charge in [-0.25, -0.2) is 0 Å². The first kappa shape index (κ1) is 40.7. The van der Waals surface area contributed by atoms with E-state index in [0.29, 0.717) is 12.8 Å². The van der Waals surface area contributed by atoms with Gasteiger partial charge in [0.2, 0.25) is 0 Å². The molecule has 0 aliphatic carbocycles. The molecule has 0 rings (SSSR count). The molecule has 0 spiro atoms. The van der Waals surface area contributed by atoms with Crippen LogP contribution in [-0.2, 0) is 14.3 Å². The average molecular weight is 593 g/mol. The Morgan fingerprint density at radius 1 is 0.500 bits per heavy atom. The fourth-order valence-corrected chi connectivity index (χ4v) is 5.76. The molecule has 0 radical (unpaired) electrons. The normalized spacial score (nSPS) is 12.2. The van der Waals surface area contributed by atoms with Gasteiger partial charge in [0.1, 0.15) is 6.10 Å². The number of hydrogen-bond donors (Lipinski definition) is 1. The third kappa shape index (κ3) is 33.2. The van der Waals surface area contributed by atoms with Gasteiger partial charge < -0.3 is 9.84 Å². The smallest absolute Gasteiger partial charge is 0.306 e. The highest BCUT2D eigenvalue weighted by molar-refractivity contribution is 5.69. The monoisotopic (exact) mass is 593 g/mol.